The minimum atomic E-state index is -0.763. The average molecular weight is 920 g/mol. The van der Waals surface area contributed by atoms with Crippen LogP contribution in [0.2, 0.25) is 0 Å². The summed E-state index contributed by atoms with van der Waals surface area (Å²) in [5.74, 6) is 0.836. The zero-order valence-electron chi connectivity index (χ0n) is 44.6. The first-order valence-corrected chi connectivity index (χ1v) is 29.2. The molecule has 6 nitrogen and oxygen atoms in total. The number of carbonyl (C=O) groups excluding carboxylic acids is 3. The third-order valence-corrected chi connectivity index (χ3v) is 13.5. The van der Waals surface area contributed by atoms with Gasteiger partial charge in [0, 0.05) is 19.3 Å². The maximum absolute atomic E-state index is 12.8. The highest BCUT2D eigenvalue weighted by molar-refractivity contribution is 5.71. The van der Waals surface area contributed by atoms with Gasteiger partial charge in [-0.15, -0.1) is 0 Å². The van der Waals surface area contributed by atoms with E-state index in [0.29, 0.717) is 19.3 Å². The summed E-state index contributed by atoms with van der Waals surface area (Å²) in [5.41, 5.74) is 0. The SMILES string of the molecule is CCCCCCCCCCCCCCCCCC(=O)OC[C@H](COC(=O)CCCCCCCCCCCCCCCCCC(C)C)OC(=O)CCCCCCCCCCCCCC(C)C. The Morgan fingerprint density at radius 2 is 0.508 bits per heavy atom. The highest BCUT2D eigenvalue weighted by Gasteiger charge is 2.19. The summed E-state index contributed by atoms with van der Waals surface area (Å²) < 4.78 is 16.9. The van der Waals surface area contributed by atoms with Crippen LogP contribution in [0.25, 0.3) is 0 Å². The zero-order valence-corrected chi connectivity index (χ0v) is 44.6. The van der Waals surface area contributed by atoms with Crippen molar-refractivity contribution in [3.05, 3.63) is 0 Å². The van der Waals surface area contributed by atoms with E-state index in [1.54, 1.807) is 0 Å². The van der Waals surface area contributed by atoms with Crippen LogP contribution in [0.1, 0.15) is 330 Å². The molecule has 6 heteroatoms. The Morgan fingerprint density at radius 1 is 0.292 bits per heavy atom. The van der Waals surface area contributed by atoms with Gasteiger partial charge >= 0.3 is 17.9 Å². The van der Waals surface area contributed by atoms with Crippen LogP contribution in [0.5, 0.6) is 0 Å². The predicted octanol–water partition coefficient (Wildman–Crippen LogP) is 19.3. The summed E-state index contributed by atoms with van der Waals surface area (Å²) in [6.07, 6.45) is 55.2. The summed E-state index contributed by atoms with van der Waals surface area (Å²) >= 11 is 0. The smallest absolute Gasteiger partial charge is 0.306 e. The van der Waals surface area contributed by atoms with E-state index in [0.717, 1.165) is 69.6 Å². The van der Waals surface area contributed by atoms with Gasteiger partial charge in [0.1, 0.15) is 13.2 Å². The average Bonchev–Trinajstić information content (AvgIpc) is 3.28. The molecule has 0 aliphatic carbocycles. The van der Waals surface area contributed by atoms with E-state index in [4.69, 9.17) is 14.2 Å². The minimum absolute atomic E-state index is 0.0626. The van der Waals surface area contributed by atoms with Crippen molar-refractivity contribution in [3.8, 4) is 0 Å². The fourth-order valence-electron chi connectivity index (χ4n) is 9.05. The number of ether oxygens (including phenoxy) is 3. The number of unbranched alkanes of at least 4 members (excludes halogenated alkanes) is 38. The fraction of sp³-hybridized carbons (Fsp3) is 0.949. The molecule has 0 saturated carbocycles. The van der Waals surface area contributed by atoms with E-state index >= 15 is 0 Å². The number of rotatable bonds is 53. The summed E-state index contributed by atoms with van der Waals surface area (Å²) in [6, 6.07) is 0. The molecule has 386 valence electrons. The standard InChI is InChI=1S/C59H114O6/c1-6-7-8-9-10-11-12-13-15-19-24-29-34-39-44-49-57(60)63-52-56(65-59(62)51-46-41-36-31-26-21-23-28-33-38-43-48-55(4)5)53-64-58(61)50-45-40-35-30-25-20-17-14-16-18-22-27-32-37-42-47-54(2)3/h54-56H,6-53H2,1-5H3/t56-/m1/s1. The molecule has 0 spiro atoms. The summed E-state index contributed by atoms with van der Waals surface area (Å²) in [5, 5.41) is 0. The molecule has 0 saturated heterocycles. The van der Waals surface area contributed by atoms with E-state index in [-0.39, 0.29) is 31.1 Å². The van der Waals surface area contributed by atoms with Crippen molar-refractivity contribution in [2.24, 2.45) is 11.8 Å². The second-order valence-electron chi connectivity index (χ2n) is 21.2. The van der Waals surface area contributed by atoms with Crippen LogP contribution < -0.4 is 0 Å². The first-order valence-electron chi connectivity index (χ1n) is 29.2. The third-order valence-electron chi connectivity index (χ3n) is 13.5. The monoisotopic (exact) mass is 919 g/mol. The van der Waals surface area contributed by atoms with Crippen LogP contribution >= 0.6 is 0 Å². The lowest BCUT2D eigenvalue weighted by Gasteiger charge is -2.18. The lowest BCUT2D eigenvalue weighted by atomic mass is 10.0. The van der Waals surface area contributed by atoms with E-state index in [1.165, 1.54) is 218 Å². The van der Waals surface area contributed by atoms with E-state index in [1.807, 2.05) is 0 Å². The van der Waals surface area contributed by atoms with Gasteiger partial charge in [-0.2, -0.15) is 0 Å². The van der Waals surface area contributed by atoms with Crippen LogP contribution in [0, 0.1) is 11.8 Å². The molecule has 0 N–H and O–H groups in total. The highest BCUT2D eigenvalue weighted by atomic mass is 16.6. The summed E-state index contributed by atoms with van der Waals surface area (Å²) in [7, 11) is 0. The number of hydrogen-bond donors (Lipinski definition) is 0. The molecule has 0 aliphatic rings. The second kappa shape index (κ2) is 51.8. The van der Waals surface area contributed by atoms with Crippen LogP contribution in [-0.4, -0.2) is 37.2 Å². The molecule has 0 radical (unpaired) electrons. The molecule has 0 aromatic heterocycles. The van der Waals surface area contributed by atoms with Crippen molar-refractivity contribution in [2.45, 2.75) is 336 Å². The Hall–Kier alpha value is -1.59. The van der Waals surface area contributed by atoms with Crippen molar-refractivity contribution >= 4 is 17.9 Å². The van der Waals surface area contributed by atoms with Crippen molar-refractivity contribution in [3.63, 3.8) is 0 Å². The molecule has 0 amide bonds. The van der Waals surface area contributed by atoms with Gasteiger partial charge in [0.15, 0.2) is 6.10 Å². The number of hydrogen-bond acceptors (Lipinski definition) is 6. The van der Waals surface area contributed by atoms with Gasteiger partial charge in [0.05, 0.1) is 0 Å². The van der Waals surface area contributed by atoms with Crippen LogP contribution in [0.15, 0.2) is 0 Å². The van der Waals surface area contributed by atoms with Gasteiger partial charge in [-0.25, -0.2) is 0 Å². The zero-order chi connectivity index (χ0) is 47.5. The Balaban J connectivity index is 4.29. The highest BCUT2D eigenvalue weighted by Crippen LogP contribution is 2.18. The first kappa shape index (κ1) is 63.4. The normalized spacial score (nSPS) is 12.0. The minimum Gasteiger partial charge on any atom is -0.462 e. The van der Waals surface area contributed by atoms with Gasteiger partial charge in [-0.1, -0.05) is 291 Å². The Kier molecular flexibility index (Phi) is 50.5. The first-order chi connectivity index (χ1) is 31.7. The van der Waals surface area contributed by atoms with Gasteiger partial charge in [0.25, 0.3) is 0 Å². The molecule has 0 unspecified atom stereocenters. The van der Waals surface area contributed by atoms with Gasteiger partial charge < -0.3 is 14.2 Å². The van der Waals surface area contributed by atoms with Gasteiger partial charge in [0.2, 0.25) is 0 Å². The fourth-order valence-corrected chi connectivity index (χ4v) is 9.05. The summed E-state index contributed by atoms with van der Waals surface area (Å²) in [4.78, 5) is 38.1. The van der Waals surface area contributed by atoms with Crippen LogP contribution in [0.3, 0.4) is 0 Å². The topological polar surface area (TPSA) is 78.9 Å². The van der Waals surface area contributed by atoms with Gasteiger partial charge in [-0.05, 0) is 31.1 Å². The third kappa shape index (κ3) is 53.2. The molecule has 65 heavy (non-hydrogen) atoms. The molecule has 0 aromatic rings. The molecule has 0 fully saturated rings. The van der Waals surface area contributed by atoms with Crippen LogP contribution in [-0.2, 0) is 28.6 Å². The Bertz CT molecular complexity index is 993. The maximum Gasteiger partial charge on any atom is 0.306 e. The molecular weight excluding hydrogens is 805 g/mol. The van der Waals surface area contributed by atoms with E-state index in [9.17, 15) is 14.4 Å². The Labute approximate surface area is 406 Å². The predicted molar refractivity (Wildman–Crippen MR) is 280 cm³/mol. The van der Waals surface area contributed by atoms with E-state index in [2.05, 4.69) is 34.6 Å². The van der Waals surface area contributed by atoms with Crippen molar-refractivity contribution < 1.29 is 28.6 Å². The van der Waals surface area contributed by atoms with E-state index < -0.39 is 6.10 Å². The molecule has 0 heterocycles. The maximum atomic E-state index is 12.8. The van der Waals surface area contributed by atoms with Crippen molar-refractivity contribution in [2.75, 3.05) is 13.2 Å². The van der Waals surface area contributed by atoms with Crippen molar-refractivity contribution in [1.29, 1.82) is 0 Å². The molecule has 1 atom stereocenters. The lowest BCUT2D eigenvalue weighted by Crippen LogP contribution is -2.30. The Morgan fingerprint density at radius 3 is 0.754 bits per heavy atom. The lowest BCUT2D eigenvalue weighted by molar-refractivity contribution is -0.167. The molecule has 0 aromatic carbocycles. The largest absolute Gasteiger partial charge is 0.462 e. The second-order valence-corrected chi connectivity index (χ2v) is 21.2. The molecule has 0 aliphatic heterocycles. The van der Waals surface area contributed by atoms with Crippen LogP contribution in [0.4, 0.5) is 0 Å². The number of carbonyl (C=O) groups is 3. The molecule has 0 bridgehead atoms. The number of esters is 3. The van der Waals surface area contributed by atoms with Gasteiger partial charge in [-0.3, -0.25) is 14.4 Å². The molecule has 0 rings (SSSR count). The van der Waals surface area contributed by atoms with Crippen molar-refractivity contribution in [1.82, 2.24) is 0 Å². The molecular formula is C59H114O6. The summed E-state index contributed by atoms with van der Waals surface area (Å²) in [6.45, 7) is 11.4. The quantitative estimate of drug-likeness (QED) is 0.0344.